The standard InChI is InChI=1S/C24H35NO2/c1-18(7-5-8-19(2)17-23(26)27)10-11-22-21(9-6-14-24(22,3)4)20-12-15-25-16-13-20/h5,7-8,10-11,17,20,25H,6,9,12-16H2,1-4H3,(H,26,27)/b8-5+,11-10+,18-7+,19-17+. The lowest BCUT2D eigenvalue weighted by Crippen LogP contribution is -2.31. The van der Waals surface area contributed by atoms with Crippen LogP contribution in [0.3, 0.4) is 0 Å². The van der Waals surface area contributed by atoms with E-state index < -0.39 is 5.97 Å². The second-order valence-electron chi connectivity index (χ2n) is 8.53. The van der Waals surface area contributed by atoms with E-state index in [-0.39, 0.29) is 5.41 Å². The van der Waals surface area contributed by atoms with Crippen molar-refractivity contribution in [2.45, 2.75) is 59.8 Å². The highest BCUT2D eigenvalue weighted by atomic mass is 16.4. The lowest BCUT2D eigenvalue weighted by Gasteiger charge is -2.38. The highest BCUT2D eigenvalue weighted by Gasteiger charge is 2.31. The van der Waals surface area contributed by atoms with Crippen LogP contribution in [-0.4, -0.2) is 24.2 Å². The molecule has 0 aromatic heterocycles. The number of allylic oxidation sites excluding steroid dienone is 9. The summed E-state index contributed by atoms with van der Waals surface area (Å²) in [5.74, 6) is -0.173. The van der Waals surface area contributed by atoms with E-state index in [0.717, 1.165) is 24.6 Å². The highest BCUT2D eigenvalue weighted by Crippen LogP contribution is 2.44. The maximum atomic E-state index is 10.7. The summed E-state index contributed by atoms with van der Waals surface area (Å²) in [6, 6.07) is 0. The van der Waals surface area contributed by atoms with Crippen molar-refractivity contribution < 1.29 is 9.90 Å². The average Bonchev–Trinajstić information content (AvgIpc) is 2.60. The van der Waals surface area contributed by atoms with E-state index in [4.69, 9.17) is 5.11 Å². The number of hydrogen-bond acceptors (Lipinski definition) is 2. The predicted molar refractivity (Wildman–Crippen MR) is 114 cm³/mol. The van der Waals surface area contributed by atoms with Crippen LogP contribution < -0.4 is 5.32 Å². The van der Waals surface area contributed by atoms with Gasteiger partial charge in [-0.1, -0.05) is 55.4 Å². The molecule has 0 aromatic rings. The number of carboxylic acids is 1. The minimum absolute atomic E-state index is 0.242. The van der Waals surface area contributed by atoms with Crippen molar-refractivity contribution in [2.75, 3.05) is 13.1 Å². The molecule has 1 heterocycles. The Labute approximate surface area is 164 Å². The molecule has 3 nitrogen and oxygen atoms in total. The number of carboxylic acid groups (broad SMARTS) is 1. The van der Waals surface area contributed by atoms with E-state index >= 15 is 0 Å². The van der Waals surface area contributed by atoms with Gasteiger partial charge in [-0.05, 0) is 81.5 Å². The van der Waals surface area contributed by atoms with Crippen molar-refractivity contribution in [1.82, 2.24) is 5.32 Å². The van der Waals surface area contributed by atoms with E-state index in [1.807, 2.05) is 18.2 Å². The Hall–Kier alpha value is -1.87. The first kappa shape index (κ1) is 21.4. The maximum Gasteiger partial charge on any atom is 0.328 e. The second-order valence-corrected chi connectivity index (χ2v) is 8.53. The van der Waals surface area contributed by atoms with Gasteiger partial charge >= 0.3 is 5.97 Å². The van der Waals surface area contributed by atoms with Crippen LogP contribution in [0.4, 0.5) is 0 Å². The average molecular weight is 370 g/mol. The fourth-order valence-electron chi connectivity index (χ4n) is 4.22. The molecule has 0 spiro atoms. The van der Waals surface area contributed by atoms with Crippen LogP contribution in [0, 0.1) is 11.3 Å². The number of carbonyl (C=O) groups is 1. The van der Waals surface area contributed by atoms with Crippen molar-refractivity contribution >= 4 is 5.97 Å². The summed E-state index contributed by atoms with van der Waals surface area (Å²) in [6.45, 7) is 10.9. The number of hydrogen-bond donors (Lipinski definition) is 2. The third kappa shape index (κ3) is 6.66. The Morgan fingerprint density at radius 3 is 2.52 bits per heavy atom. The zero-order valence-electron chi connectivity index (χ0n) is 17.3. The van der Waals surface area contributed by atoms with Crippen LogP contribution >= 0.6 is 0 Å². The molecule has 0 amide bonds. The summed E-state index contributed by atoms with van der Waals surface area (Å²) < 4.78 is 0. The molecule has 27 heavy (non-hydrogen) atoms. The quantitative estimate of drug-likeness (QED) is 0.474. The second kappa shape index (κ2) is 9.89. The molecule has 3 heteroatoms. The van der Waals surface area contributed by atoms with Gasteiger partial charge in [-0.2, -0.15) is 0 Å². The first-order valence-electron chi connectivity index (χ1n) is 10.2. The molecule has 0 aromatic carbocycles. The molecule has 1 saturated heterocycles. The molecular weight excluding hydrogens is 334 g/mol. The summed E-state index contributed by atoms with van der Waals surface area (Å²) in [6.07, 6.45) is 17.9. The maximum absolute atomic E-state index is 10.7. The molecule has 0 radical (unpaired) electrons. The Kier molecular flexibility index (Phi) is 7.85. The van der Waals surface area contributed by atoms with Crippen LogP contribution in [0.2, 0.25) is 0 Å². The van der Waals surface area contributed by atoms with Crippen molar-refractivity contribution in [3.8, 4) is 0 Å². The van der Waals surface area contributed by atoms with Crippen LogP contribution in [0.5, 0.6) is 0 Å². The summed E-state index contributed by atoms with van der Waals surface area (Å²) in [4.78, 5) is 10.7. The van der Waals surface area contributed by atoms with Crippen LogP contribution in [0.25, 0.3) is 0 Å². The largest absolute Gasteiger partial charge is 0.478 e. The molecule has 0 unspecified atom stereocenters. The van der Waals surface area contributed by atoms with Crippen molar-refractivity contribution in [3.63, 3.8) is 0 Å². The minimum Gasteiger partial charge on any atom is -0.478 e. The Bertz CT molecular complexity index is 683. The molecule has 1 aliphatic carbocycles. The number of rotatable bonds is 6. The van der Waals surface area contributed by atoms with E-state index in [2.05, 4.69) is 38.2 Å². The molecule has 1 fully saturated rings. The van der Waals surface area contributed by atoms with Crippen LogP contribution in [0.1, 0.15) is 59.8 Å². The molecule has 1 aliphatic heterocycles. The third-order valence-electron chi connectivity index (χ3n) is 5.74. The molecule has 0 atom stereocenters. The summed E-state index contributed by atoms with van der Waals surface area (Å²) in [5, 5.41) is 12.2. The number of aliphatic carboxylic acids is 1. The fraction of sp³-hybridized carbons (Fsp3) is 0.542. The Morgan fingerprint density at radius 1 is 1.15 bits per heavy atom. The van der Waals surface area contributed by atoms with Gasteiger partial charge in [0.25, 0.3) is 0 Å². The molecular formula is C24H35NO2. The van der Waals surface area contributed by atoms with Gasteiger partial charge in [0.1, 0.15) is 0 Å². The minimum atomic E-state index is -0.908. The summed E-state index contributed by atoms with van der Waals surface area (Å²) >= 11 is 0. The van der Waals surface area contributed by atoms with Crippen LogP contribution in [0.15, 0.2) is 58.7 Å². The van der Waals surface area contributed by atoms with Gasteiger partial charge in [0, 0.05) is 6.08 Å². The van der Waals surface area contributed by atoms with E-state index in [0.29, 0.717) is 0 Å². The highest BCUT2D eigenvalue weighted by molar-refractivity contribution is 5.81. The summed E-state index contributed by atoms with van der Waals surface area (Å²) in [7, 11) is 0. The van der Waals surface area contributed by atoms with E-state index in [1.54, 1.807) is 18.1 Å². The molecule has 2 aliphatic rings. The Balaban J connectivity index is 2.18. The SMILES string of the molecule is CC(/C=C/C1=C(C2CCNCC2)CCCC1(C)C)=C\C=C\C(C)=C\C(=O)O. The smallest absolute Gasteiger partial charge is 0.328 e. The molecule has 148 valence electrons. The van der Waals surface area contributed by atoms with Gasteiger partial charge in [0.15, 0.2) is 0 Å². The lowest BCUT2D eigenvalue weighted by molar-refractivity contribution is -0.131. The topological polar surface area (TPSA) is 49.3 Å². The van der Waals surface area contributed by atoms with Crippen LogP contribution in [-0.2, 0) is 4.79 Å². The Morgan fingerprint density at radius 2 is 1.85 bits per heavy atom. The van der Waals surface area contributed by atoms with E-state index in [9.17, 15) is 4.79 Å². The zero-order valence-corrected chi connectivity index (χ0v) is 17.3. The van der Waals surface area contributed by atoms with Gasteiger partial charge in [-0.15, -0.1) is 0 Å². The first-order chi connectivity index (χ1) is 12.8. The van der Waals surface area contributed by atoms with Crippen molar-refractivity contribution in [3.05, 3.63) is 58.7 Å². The lowest BCUT2D eigenvalue weighted by atomic mass is 9.68. The first-order valence-corrected chi connectivity index (χ1v) is 10.2. The zero-order chi connectivity index (χ0) is 19.9. The van der Waals surface area contributed by atoms with Gasteiger partial charge < -0.3 is 10.4 Å². The van der Waals surface area contributed by atoms with Gasteiger partial charge in [0.2, 0.25) is 0 Å². The molecule has 0 bridgehead atoms. The molecule has 2 N–H and O–H groups in total. The van der Waals surface area contributed by atoms with Gasteiger partial charge in [0.05, 0.1) is 0 Å². The summed E-state index contributed by atoms with van der Waals surface area (Å²) in [5.41, 5.74) is 5.38. The van der Waals surface area contributed by atoms with Gasteiger partial charge in [-0.3, -0.25) is 0 Å². The number of piperidine rings is 1. The number of nitrogens with one attached hydrogen (secondary N) is 1. The molecule has 2 rings (SSSR count). The van der Waals surface area contributed by atoms with Gasteiger partial charge in [-0.25, -0.2) is 4.79 Å². The van der Waals surface area contributed by atoms with Crippen molar-refractivity contribution in [1.29, 1.82) is 0 Å². The molecule has 0 saturated carbocycles. The predicted octanol–water partition coefficient (Wildman–Crippen LogP) is 5.58. The van der Waals surface area contributed by atoms with E-state index in [1.165, 1.54) is 43.8 Å². The fourth-order valence-corrected chi connectivity index (χ4v) is 4.22. The normalized spacial score (nSPS) is 22.8. The monoisotopic (exact) mass is 369 g/mol. The van der Waals surface area contributed by atoms with Crippen molar-refractivity contribution in [2.24, 2.45) is 11.3 Å². The third-order valence-corrected chi connectivity index (χ3v) is 5.74.